The number of nitrogens with zero attached hydrogens (tertiary/aromatic N) is 3. The monoisotopic (exact) mass is 420 g/mol. The van der Waals surface area contributed by atoms with Crippen molar-refractivity contribution < 1.29 is 19.2 Å². The third-order valence-electron chi connectivity index (χ3n) is 4.71. The fraction of sp³-hybridized carbons (Fsp3) is 0.136. The quantitative estimate of drug-likeness (QED) is 0.283. The summed E-state index contributed by atoms with van der Waals surface area (Å²) in [6.45, 7) is 3.84. The normalized spacial score (nSPS) is 10.8. The van der Waals surface area contributed by atoms with Gasteiger partial charge in [-0.05, 0) is 50.2 Å². The van der Waals surface area contributed by atoms with Gasteiger partial charge in [0.2, 0.25) is 0 Å². The first-order chi connectivity index (χ1) is 14.8. The van der Waals surface area contributed by atoms with Crippen molar-refractivity contribution in [1.29, 1.82) is 0 Å². The van der Waals surface area contributed by atoms with Crippen LogP contribution in [-0.2, 0) is 4.74 Å². The first kappa shape index (κ1) is 21.4. The average Bonchev–Trinajstić information content (AvgIpc) is 3.06. The smallest absolute Gasteiger partial charge is 0.337 e. The van der Waals surface area contributed by atoms with Crippen LogP contribution < -0.4 is 5.43 Å². The molecule has 2 aromatic carbocycles. The van der Waals surface area contributed by atoms with Crippen molar-refractivity contribution >= 4 is 23.8 Å². The van der Waals surface area contributed by atoms with Gasteiger partial charge in [-0.25, -0.2) is 10.2 Å². The van der Waals surface area contributed by atoms with E-state index in [0.29, 0.717) is 5.56 Å². The first-order valence-electron chi connectivity index (χ1n) is 9.27. The summed E-state index contributed by atoms with van der Waals surface area (Å²) in [7, 11) is 1.33. The van der Waals surface area contributed by atoms with E-state index in [1.165, 1.54) is 37.6 Å². The van der Waals surface area contributed by atoms with Crippen LogP contribution in [0, 0.1) is 24.0 Å². The maximum Gasteiger partial charge on any atom is 0.337 e. The fourth-order valence-electron chi connectivity index (χ4n) is 3.17. The van der Waals surface area contributed by atoms with Gasteiger partial charge in [-0.3, -0.25) is 14.9 Å². The lowest BCUT2D eigenvalue weighted by Crippen LogP contribution is -2.17. The molecule has 0 spiro atoms. The molecule has 3 rings (SSSR count). The number of ether oxygens (including phenoxy) is 1. The van der Waals surface area contributed by atoms with Gasteiger partial charge in [0, 0.05) is 40.3 Å². The molecule has 0 radical (unpaired) electrons. The second-order valence-corrected chi connectivity index (χ2v) is 6.71. The third kappa shape index (κ3) is 4.67. The largest absolute Gasteiger partial charge is 0.465 e. The van der Waals surface area contributed by atoms with Gasteiger partial charge in [-0.2, -0.15) is 5.10 Å². The van der Waals surface area contributed by atoms with Crippen molar-refractivity contribution in [1.82, 2.24) is 9.99 Å². The lowest BCUT2D eigenvalue weighted by Gasteiger charge is -2.10. The number of nitro benzene ring substituents is 1. The Kier molecular flexibility index (Phi) is 6.25. The number of amides is 1. The number of hydrogen-bond acceptors (Lipinski definition) is 6. The van der Waals surface area contributed by atoms with Crippen LogP contribution in [0.3, 0.4) is 0 Å². The highest BCUT2D eigenvalue weighted by Crippen LogP contribution is 2.20. The summed E-state index contributed by atoms with van der Waals surface area (Å²) in [5.41, 5.74) is 6.29. The standard InChI is InChI=1S/C22H20N4O5/c1-14-11-18(13-23-24-21(27)17-5-4-6-20(12-17)26(29)30)15(2)25(14)19-9-7-16(8-10-19)22(28)31-3/h4-13H,1-3H3,(H,24,27)/b23-13-. The minimum Gasteiger partial charge on any atom is -0.465 e. The Balaban J connectivity index is 1.77. The van der Waals surface area contributed by atoms with Gasteiger partial charge in [-0.1, -0.05) is 6.07 Å². The van der Waals surface area contributed by atoms with E-state index in [1.54, 1.807) is 12.1 Å². The molecular weight excluding hydrogens is 400 g/mol. The Labute approximate surface area is 178 Å². The van der Waals surface area contributed by atoms with Crippen molar-refractivity contribution in [3.05, 3.63) is 92.8 Å². The van der Waals surface area contributed by atoms with Gasteiger partial charge in [0.05, 0.1) is 23.8 Å². The summed E-state index contributed by atoms with van der Waals surface area (Å²) in [5.74, 6) is -0.952. The summed E-state index contributed by atoms with van der Waals surface area (Å²) in [6, 6.07) is 14.3. The molecule has 9 nitrogen and oxygen atoms in total. The topological polar surface area (TPSA) is 116 Å². The minimum absolute atomic E-state index is 0.141. The van der Waals surface area contributed by atoms with Crippen molar-refractivity contribution in [2.75, 3.05) is 7.11 Å². The highest BCUT2D eigenvalue weighted by Gasteiger charge is 2.13. The summed E-state index contributed by atoms with van der Waals surface area (Å²) >= 11 is 0. The van der Waals surface area contributed by atoms with Crippen LogP contribution in [-0.4, -0.2) is 34.7 Å². The second kappa shape index (κ2) is 9.04. The van der Waals surface area contributed by atoms with E-state index in [1.807, 2.05) is 36.6 Å². The number of methoxy groups -OCH3 is 1. The molecule has 3 aromatic rings. The summed E-state index contributed by atoms with van der Waals surface area (Å²) < 4.78 is 6.71. The van der Waals surface area contributed by atoms with Crippen molar-refractivity contribution in [2.45, 2.75) is 13.8 Å². The fourth-order valence-corrected chi connectivity index (χ4v) is 3.17. The van der Waals surface area contributed by atoms with E-state index < -0.39 is 16.8 Å². The summed E-state index contributed by atoms with van der Waals surface area (Å²) in [5, 5.41) is 14.8. The van der Waals surface area contributed by atoms with Crippen molar-refractivity contribution in [3.8, 4) is 5.69 Å². The molecule has 1 aromatic heterocycles. The molecule has 1 N–H and O–H groups in total. The molecule has 1 amide bonds. The van der Waals surface area contributed by atoms with E-state index in [-0.39, 0.29) is 11.3 Å². The zero-order valence-corrected chi connectivity index (χ0v) is 17.2. The van der Waals surface area contributed by atoms with Crippen LogP contribution in [0.1, 0.15) is 37.7 Å². The Morgan fingerprint density at radius 2 is 1.81 bits per heavy atom. The number of non-ortho nitro benzene ring substituents is 1. The van der Waals surface area contributed by atoms with Crippen LogP contribution in [0.2, 0.25) is 0 Å². The second-order valence-electron chi connectivity index (χ2n) is 6.71. The molecule has 1 heterocycles. The maximum absolute atomic E-state index is 12.2. The van der Waals surface area contributed by atoms with E-state index >= 15 is 0 Å². The van der Waals surface area contributed by atoms with Crippen LogP contribution in [0.15, 0.2) is 59.7 Å². The van der Waals surface area contributed by atoms with Crippen LogP contribution in [0.4, 0.5) is 5.69 Å². The van der Waals surface area contributed by atoms with Crippen LogP contribution in [0.25, 0.3) is 5.69 Å². The maximum atomic E-state index is 12.2. The number of nitro groups is 1. The van der Waals surface area contributed by atoms with E-state index in [4.69, 9.17) is 4.74 Å². The molecule has 0 saturated heterocycles. The number of carbonyl (C=O) groups excluding carboxylic acids is 2. The number of carbonyl (C=O) groups is 2. The molecule has 0 aliphatic rings. The van der Waals surface area contributed by atoms with E-state index in [0.717, 1.165) is 22.6 Å². The molecule has 0 fully saturated rings. The first-order valence-corrected chi connectivity index (χ1v) is 9.27. The Bertz CT molecular complexity index is 1180. The zero-order valence-electron chi connectivity index (χ0n) is 17.2. The molecule has 158 valence electrons. The number of hydrazone groups is 1. The molecule has 0 aliphatic heterocycles. The predicted molar refractivity (Wildman–Crippen MR) is 115 cm³/mol. The van der Waals surface area contributed by atoms with Gasteiger partial charge >= 0.3 is 5.97 Å². The third-order valence-corrected chi connectivity index (χ3v) is 4.71. The lowest BCUT2D eigenvalue weighted by atomic mass is 10.2. The summed E-state index contributed by atoms with van der Waals surface area (Å²) in [6.07, 6.45) is 1.51. The SMILES string of the molecule is COC(=O)c1ccc(-n2c(C)cc(/C=N\NC(=O)c3cccc([N+](=O)[O-])c3)c2C)cc1. The van der Waals surface area contributed by atoms with E-state index in [9.17, 15) is 19.7 Å². The lowest BCUT2D eigenvalue weighted by molar-refractivity contribution is -0.384. The molecule has 0 aliphatic carbocycles. The molecule has 0 bridgehead atoms. The summed E-state index contributed by atoms with van der Waals surface area (Å²) in [4.78, 5) is 34.1. The molecule has 31 heavy (non-hydrogen) atoms. The average molecular weight is 420 g/mol. The Morgan fingerprint density at radius 3 is 2.45 bits per heavy atom. The number of nitrogens with one attached hydrogen (secondary N) is 1. The Morgan fingerprint density at radius 1 is 1.10 bits per heavy atom. The van der Waals surface area contributed by atoms with E-state index in [2.05, 4.69) is 10.5 Å². The van der Waals surface area contributed by atoms with Gasteiger partial charge in [0.1, 0.15) is 0 Å². The molecular formula is C22H20N4O5. The number of rotatable bonds is 6. The van der Waals surface area contributed by atoms with Gasteiger partial charge in [0.25, 0.3) is 11.6 Å². The highest BCUT2D eigenvalue weighted by molar-refractivity contribution is 5.95. The number of hydrogen-bond donors (Lipinski definition) is 1. The number of aryl methyl sites for hydroxylation is 1. The van der Waals surface area contributed by atoms with Crippen LogP contribution >= 0.6 is 0 Å². The van der Waals surface area contributed by atoms with Crippen LogP contribution in [0.5, 0.6) is 0 Å². The van der Waals surface area contributed by atoms with Gasteiger partial charge in [-0.15, -0.1) is 0 Å². The number of benzene rings is 2. The molecule has 0 saturated carbocycles. The highest BCUT2D eigenvalue weighted by atomic mass is 16.6. The molecule has 9 heteroatoms. The number of aromatic nitrogens is 1. The van der Waals surface area contributed by atoms with Crippen molar-refractivity contribution in [3.63, 3.8) is 0 Å². The van der Waals surface area contributed by atoms with Crippen molar-refractivity contribution in [2.24, 2.45) is 5.10 Å². The molecule has 0 atom stereocenters. The van der Waals surface area contributed by atoms with Gasteiger partial charge < -0.3 is 9.30 Å². The molecule has 0 unspecified atom stereocenters. The van der Waals surface area contributed by atoms with Gasteiger partial charge in [0.15, 0.2) is 0 Å². The number of esters is 1. The Hall–Kier alpha value is -4.27. The predicted octanol–water partition coefficient (Wildman–Crippen LogP) is 3.55. The minimum atomic E-state index is -0.563. The zero-order chi connectivity index (χ0) is 22.5.